The average Bonchev–Trinajstić information content (AvgIpc) is 3.24. The van der Waals surface area contributed by atoms with E-state index in [1.165, 1.54) is 5.56 Å². The van der Waals surface area contributed by atoms with E-state index >= 15 is 0 Å². The highest BCUT2D eigenvalue weighted by Gasteiger charge is 2.42. The van der Waals surface area contributed by atoms with Crippen molar-refractivity contribution in [2.24, 2.45) is 0 Å². The van der Waals surface area contributed by atoms with Gasteiger partial charge in [-0.1, -0.05) is 54.1 Å². The first-order valence-electron chi connectivity index (χ1n) is 9.29. The van der Waals surface area contributed by atoms with Crippen LogP contribution in [0.1, 0.15) is 43.9 Å². The summed E-state index contributed by atoms with van der Waals surface area (Å²) in [6, 6.07) is 19.2. The van der Waals surface area contributed by atoms with Gasteiger partial charge in [0.15, 0.2) is 0 Å². The molecule has 1 aliphatic rings. The molecule has 0 fully saturated rings. The van der Waals surface area contributed by atoms with Crippen LogP contribution < -0.4 is 5.32 Å². The van der Waals surface area contributed by atoms with Crippen LogP contribution in [0.5, 0.6) is 0 Å². The maximum absolute atomic E-state index is 13.3. The van der Waals surface area contributed by atoms with E-state index in [4.69, 9.17) is 0 Å². The molecule has 2 atom stereocenters. The number of nitrogens with zero attached hydrogens (tertiary/aromatic N) is 1. The average molecular weight is 391 g/mol. The molecule has 1 N–H and O–H groups in total. The fourth-order valence-electron chi connectivity index (χ4n) is 3.78. The predicted molar refractivity (Wildman–Crippen MR) is 111 cm³/mol. The number of fused-ring (bicyclic) bond motifs is 1. The summed E-state index contributed by atoms with van der Waals surface area (Å²) < 4.78 is 0. The summed E-state index contributed by atoms with van der Waals surface area (Å²) >= 11 is 1.57. The third-order valence-corrected chi connectivity index (χ3v) is 6.23. The summed E-state index contributed by atoms with van der Waals surface area (Å²) in [5.41, 5.74) is 3.65. The van der Waals surface area contributed by atoms with Gasteiger partial charge in [0, 0.05) is 24.0 Å². The maximum atomic E-state index is 13.3. The molecule has 5 heteroatoms. The zero-order valence-corrected chi connectivity index (χ0v) is 16.7. The van der Waals surface area contributed by atoms with Gasteiger partial charge in [-0.25, -0.2) is 0 Å². The van der Waals surface area contributed by atoms with Crippen LogP contribution in [0.3, 0.4) is 0 Å². The van der Waals surface area contributed by atoms with E-state index in [1.54, 1.807) is 29.4 Å². The van der Waals surface area contributed by atoms with Gasteiger partial charge >= 0.3 is 0 Å². The fraction of sp³-hybridized carbons (Fsp3) is 0.217. The number of hydrogen-bond acceptors (Lipinski definition) is 3. The Labute approximate surface area is 168 Å². The molecule has 3 aromatic rings. The molecule has 1 aromatic heterocycles. The van der Waals surface area contributed by atoms with Crippen LogP contribution in [0.25, 0.3) is 0 Å². The van der Waals surface area contributed by atoms with Gasteiger partial charge in [0.1, 0.15) is 0 Å². The SMILES string of the molecule is Cc1ccc(CNC(=O)[C@H]2c3ccccc3C(=O)N(C)[C@@H]2c2cccs2)cc1. The molecule has 0 saturated carbocycles. The van der Waals surface area contributed by atoms with Crippen molar-refractivity contribution in [3.05, 3.63) is 93.2 Å². The number of nitrogens with one attached hydrogen (secondary N) is 1. The molecule has 0 bridgehead atoms. The molecule has 2 amide bonds. The van der Waals surface area contributed by atoms with Crippen LogP contribution in [0, 0.1) is 6.92 Å². The largest absolute Gasteiger partial charge is 0.351 e. The maximum Gasteiger partial charge on any atom is 0.254 e. The lowest BCUT2D eigenvalue weighted by Gasteiger charge is -2.39. The Balaban J connectivity index is 1.68. The number of benzene rings is 2. The molecule has 1 aliphatic heterocycles. The van der Waals surface area contributed by atoms with Crippen LogP contribution in [0.15, 0.2) is 66.0 Å². The first kappa shape index (κ1) is 18.4. The minimum absolute atomic E-state index is 0.0448. The summed E-state index contributed by atoms with van der Waals surface area (Å²) in [5, 5.41) is 5.07. The summed E-state index contributed by atoms with van der Waals surface area (Å²) in [7, 11) is 1.78. The molecule has 0 radical (unpaired) electrons. The van der Waals surface area contributed by atoms with Crippen molar-refractivity contribution in [3.63, 3.8) is 0 Å². The number of likely N-dealkylation sites (N-methyl/N-ethyl adjacent to an activating group) is 1. The second-order valence-corrected chi connectivity index (χ2v) is 8.12. The molecule has 4 rings (SSSR count). The van der Waals surface area contributed by atoms with Crippen LogP contribution in [-0.4, -0.2) is 23.8 Å². The number of aryl methyl sites for hydroxylation is 1. The van der Waals surface area contributed by atoms with Gasteiger partial charge in [-0.3, -0.25) is 9.59 Å². The number of hydrogen-bond donors (Lipinski definition) is 1. The van der Waals surface area contributed by atoms with Crippen LogP contribution in [0.2, 0.25) is 0 Å². The topological polar surface area (TPSA) is 49.4 Å². The van der Waals surface area contributed by atoms with E-state index in [1.807, 2.05) is 66.9 Å². The predicted octanol–water partition coefficient (Wildman–Crippen LogP) is 4.28. The third kappa shape index (κ3) is 3.34. The Hall–Kier alpha value is -2.92. The summed E-state index contributed by atoms with van der Waals surface area (Å²) in [5.74, 6) is -0.551. The van der Waals surface area contributed by atoms with E-state index in [0.717, 1.165) is 16.0 Å². The quantitative estimate of drug-likeness (QED) is 0.723. The Morgan fingerprint density at radius 2 is 1.82 bits per heavy atom. The lowest BCUT2D eigenvalue weighted by molar-refractivity contribution is -0.124. The molecule has 2 heterocycles. The Bertz CT molecular complexity index is 996. The molecule has 0 unspecified atom stereocenters. The molecular formula is C23H22N2O2S. The van der Waals surface area contributed by atoms with Crippen LogP contribution in [0.4, 0.5) is 0 Å². The number of amides is 2. The number of thiophene rings is 1. The van der Waals surface area contributed by atoms with E-state index in [9.17, 15) is 9.59 Å². The normalized spacial score (nSPS) is 18.6. The van der Waals surface area contributed by atoms with Gasteiger partial charge in [-0.15, -0.1) is 11.3 Å². The second-order valence-electron chi connectivity index (χ2n) is 7.14. The highest BCUT2D eigenvalue weighted by atomic mass is 32.1. The zero-order valence-electron chi connectivity index (χ0n) is 15.9. The van der Waals surface area contributed by atoms with Gasteiger partial charge in [0.2, 0.25) is 5.91 Å². The van der Waals surface area contributed by atoms with Crippen molar-refractivity contribution >= 4 is 23.2 Å². The first-order valence-corrected chi connectivity index (χ1v) is 10.2. The van der Waals surface area contributed by atoms with Crippen molar-refractivity contribution in [3.8, 4) is 0 Å². The minimum atomic E-state index is -0.442. The fourth-order valence-corrected chi connectivity index (χ4v) is 4.68. The highest BCUT2D eigenvalue weighted by molar-refractivity contribution is 7.10. The van der Waals surface area contributed by atoms with Gasteiger partial charge in [0.05, 0.1) is 12.0 Å². The van der Waals surface area contributed by atoms with Crippen molar-refractivity contribution in [2.45, 2.75) is 25.4 Å². The molecule has 0 aliphatic carbocycles. The van der Waals surface area contributed by atoms with E-state index in [0.29, 0.717) is 12.1 Å². The molecule has 142 valence electrons. The molecule has 2 aromatic carbocycles. The third-order valence-electron chi connectivity index (χ3n) is 5.28. The van der Waals surface area contributed by atoms with Gasteiger partial charge in [-0.2, -0.15) is 0 Å². The molecular weight excluding hydrogens is 368 g/mol. The summed E-state index contributed by atoms with van der Waals surface area (Å²) in [6.45, 7) is 2.51. The lowest BCUT2D eigenvalue weighted by Crippen LogP contribution is -2.45. The first-order chi connectivity index (χ1) is 13.6. The minimum Gasteiger partial charge on any atom is -0.351 e. The van der Waals surface area contributed by atoms with Crippen LogP contribution in [-0.2, 0) is 11.3 Å². The van der Waals surface area contributed by atoms with Crippen molar-refractivity contribution in [1.82, 2.24) is 10.2 Å². The Morgan fingerprint density at radius 3 is 2.54 bits per heavy atom. The Kier molecular flexibility index (Phi) is 5.01. The van der Waals surface area contributed by atoms with Crippen molar-refractivity contribution < 1.29 is 9.59 Å². The Morgan fingerprint density at radius 1 is 1.07 bits per heavy atom. The van der Waals surface area contributed by atoms with Gasteiger partial charge in [0.25, 0.3) is 5.91 Å². The van der Waals surface area contributed by atoms with E-state index in [2.05, 4.69) is 5.32 Å². The van der Waals surface area contributed by atoms with Crippen molar-refractivity contribution in [1.29, 1.82) is 0 Å². The standard InChI is InChI=1S/C23H22N2O2S/c1-15-9-11-16(12-10-15)14-24-22(26)20-17-6-3-4-7-18(17)23(27)25(2)21(20)19-8-5-13-28-19/h3-13,20-21H,14H2,1-2H3,(H,24,26)/t20-,21+/m0/s1. The molecule has 4 nitrogen and oxygen atoms in total. The zero-order chi connectivity index (χ0) is 19.7. The van der Waals surface area contributed by atoms with Crippen LogP contribution >= 0.6 is 11.3 Å². The highest BCUT2D eigenvalue weighted by Crippen LogP contribution is 2.43. The van der Waals surface area contributed by atoms with E-state index in [-0.39, 0.29) is 17.9 Å². The van der Waals surface area contributed by atoms with Crippen molar-refractivity contribution in [2.75, 3.05) is 7.05 Å². The van der Waals surface area contributed by atoms with Gasteiger partial charge < -0.3 is 10.2 Å². The summed E-state index contributed by atoms with van der Waals surface area (Å²) in [6.07, 6.45) is 0. The number of carbonyl (C=O) groups excluding carboxylic acids is 2. The van der Waals surface area contributed by atoms with Gasteiger partial charge in [-0.05, 0) is 35.6 Å². The number of rotatable bonds is 4. The molecule has 0 spiro atoms. The smallest absolute Gasteiger partial charge is 0.254 e. The lowest BCUT2D eigenvalue weighted by atomic mass is 9.81. The second kappa shape index (κ2) is 7.60. The molecule has 28 heavy (non-hydrogen) atoms. The monoisotopic (exact) mass is 390 g/mol. The summed E-state index contributed by atoms with van der Waals surface area (Å²) in [4.78, 5) is 28.9. The number of carbonyl (C=O) groups is 2. The molecule has 0 saturated heterocycles. The van der Waals surface area contributed by atoms with E-state index < -0.39 is 5.92 Å².